The quantitative estimate of drug-likeness (QED) is 0.502. The summed E-state index contributed by atoms with van der Waals surface area (Å²) in [6.45, 7) is 1.30. The normalized spacial score (nSPS) is 11.3. The number of hydrogen-bond donors (Lipinski definition) is 2. The Morgan fingerprint density at radius 2 is 1.90 bits per heavy atom. The minimum absolute atomic E-state index is 0.0138. The van der Waals surface area contributed by atoms with Crippen molar-refractivity contribution in [2.45, 2.75) is 13.0 Å². The van der Waals surface area contributed by atoms with Crippen LogP contribution >= 0.6 is 0 Å². The molecule has 2 aromatic carbocycles. The number of amides is 1. The lowest BCUT2D eigenvalue weighted by Gasteiger charge is -2.13. The van der Waals surface area contributed by atoms with E-state index in [1.807, 2.05) is 48.7 Å². The van der Waals surface area contributed by atoms with Gasteiger partial charge in [-0.15, -0.1) is 0 Å². The van der Waals surface area contributed by atoms with Gasteiger partial charge in [-0.3, -0.25) is 14.8 Å². The van der Waals surface area contributed by atoms with E-state index in [-0.39, 0.29) is 5.91 Å². The summed E-state index contributed by atoms with van der Waals surface area (Å²) in [5.74, 6) is 0.736. The fraction of sp³-hybridized carbons (Fsp3) is 0.261. The van der Waals surface area contributed by atoms with Gasteiger partial charge in [-0.25, -0.2) is 0 Å². The molecule has 2 N–H and O–H groups in total. The van der Waals surface area contributed by atoms with Crippen LogP contribution < -0.4 is 10.6 Å². The number of aliphatic imine (C=N–C) groups is 1. The molecule has 6 heteroatoms. The van der Waals surface area contributed by atoms with Gasteiger partial charge in [0.25, 0.3) is 5.91 Å². The van der Waals surface area contributed by atoms with Crippen LogP contribution in [0.3, 0.4) is 0 Å². The van der Waals surface area contributed by atoms with Gasteiger partial charge in [0.1, 0.15) is 0 Å². The molecule has 0 spiro atoms. The molecule has 0 atom stereocenters. The second-order valence-corrected chi connectivity index (χ2v) is 6.98. The second-order valence-electron chi connectivity index (χ2n) is 6.98. The Morgan fingerprint density at radius 1 is 1.07 bits per heavy atom. The van der Waals surface area contributed by atoms with Crippen molar-refractivity contribution in [1.29, 1.82) is 0 Å². The van der Waals surface area contributed by atoms with Gasteiger partial charge in [-0.1, -0.05) is 36.4 Å². The molecule has 6 nitrogen and oxygen atoms in total. The number of carbonyl (C=O) groups is 1. The zero-order chi connectivity index (χ0) is 20.6. The molecule has 1 amide bonds. The average Bonchev–Trinajstić information content (AvgIpc) is 2.75. The first-order valence-electron chi connectivity index (χ1n) is 9.66. The Hall–Kier alpha value is -3.41. The van der Waals surface area contributed by atoms with Crippen molar-refractivity contribution in [2.24, 2.45) is 4.99 Å². The highest BCUT2D eigenvalue weighted by molar-refractivity contribution is 5.94. The van der Waals surface area contributed by atoms with Crippen molar-refractivity contribution in [3.05, 3.63) is 77.6 Å². The molecule has 150 valence electrons. The Labute approximate surface area is 171 Å². The Morgan fingerprint density at radius 3 is 2.69 bits per heavy atom. The van der Waals surface area contributed by atoms with E-state index in [1.165, 1.54) is 5.39 Å². The maximum Gasteiger partial charge on any atom is 0.253 e. The lowest BCUT2D eigenvalue weighted by atomic mass is 10.1. The lowest BCUT2D eigenvalue weighted by molar-refractivity contribution is 0.0827. The van der Waals surface area contributed by atoms with Gasteiger partial charge in [0.2, 0.25) is 0 Å². The molecule has 0 fully saturated rings. The first-order valence-corrected chi connectivity index (χ1v) is 9.66. The third-order valence-electron chi connectivity index (χ3n) is 4.69. The summed E-state index contributed by atoms with van der Waals surface area (Å²) in [6.07, 6.45) is 2.62. The highest BCUT2D eigenvalue weighted by Gasteiger charge is 2.08. The maximum atomic E-state index is 12.1. The summed E-state index contributed by atoms with van der Waals surface area (Å²) in [6, 6.07) is 18.0. The van der Waals surface area contributed by atoms with Crippen LogP contribution in [0.2, 0.25) is 0 Å². The molecule has 0 aliphatic heterocycles. The monoisotopic (exact) mass is 389 g/mol. The predicted octanol–water partition coefficient (Wildman–Crippen LogP) is 2.84. The minimum atomic E-state index is 0.0138. The van der Waals surface area contributed by atoms with Crippen LogP contribution in [0.1, 0.15) is 21.6 Å². The van der Waals surface area contributed by atoms with E-state index in [2.05, 4.69) is 32.7 Å². The Bertz CT molecular complexity index is 1010. The standard InChI is InChI=1S/C23H27N5O/c1-24-23(27-16-21-20-10-5-4-8-18(20)12-14-25-21)26-13-11-17-7-6-9-19(15-17)22(29)28(2)3/h4-10,12,14-15H,11,13,16H2,1-3H3,(H2,24,26,27). The van der Waals surface area contributed by atoms with E-state index in [0.29, 0.717) is 18.7 Å². The smallest absolute Gasteiger partial charge is 0.253 e. The van der Waals surface area contributed by atoms with Gasteiger partial charge in [0.05, 0.1) is 12.2 Å². The summed E-state index contributed by atoms with van der Waals surface area (Å²) in [7, 11) is 5.27. The van der Waals surface area contributed by atoms with Gasteiger partial charge in [-0.05, 0) is 35.6 Å². The maximum absolute atomic E-state index is 12.1. The van der Waals surface area contributed by atoms with Crippen LogP contribution in [0.5, 0.6) is 0 Å². The summed E-state index contributed by atoms with van der Waals surface area (Å²) in [4.78, 5) is 22.5. The number of pyridine rings is 1. The average molecular weight is 390 g/mol. The SMILES string of the molecule is CN=C(NCCc1cccc(C(=O)N(C)C)c1)NCc1nccc2ccccc12. The highest BCUT2D eigenvalue weighted by Crippen LogP contribution is 2.15. The van der Waals surface area contributed by atoms with E-state index in [4.69, 9.17) is 0 Å². The Balaban J connectivity index is 1.55. The second kappa shape index (κ2) is 9.68. The molecule has 1 aromatic heterocycles. The molecule has 3 aromatic rings. The van der Waals surface area contributed by atoms with Crippen LogP contribution in [-0.4, -0.2) is 49.4 Å². The van der Waals surface area contributed by atoms with Gasteiger partial charge < -0.3 is 15.5 Å². The number of guanidine groups is 1. The van der Waals surface area contributed by atoms with Crippen molar-refractivity contribution >= 4 is 22.6 Å². The number of fused-ring (bicyclic) bond motifs is 1. The molecular weight excluding hydrogens is 362 g/mol. The zero-order valence-corrected chi connectivity index (χ0v) is 17.1. The molecular formula is C23H27N5O. The van der Waals surface area contributed by atoms with Crippen LogP contribution in [0.15, 0.2) is 65.8 Å². The minimum Gasteiger partial charge on any atom is -0.356 e. The van der Waals surface area contributed by atoms with E-state index in [1.54, 1.807) is 26.0 Å². The molecule has 3 rings (SSSR count). The largest absolute Gasteiger partial charge is 0.356 e. The van der Waals surface area contributed by atoms with Crippen molar-refractivity contribution in [2.75, 3.05) is 27.7 Å². The fourth-order valence-corrected chi connectivity index (χ4v) is 3.15. The van der Waals surface area contributed by atoms with E-state index in [0.717, 1.165) is 29.0 Å². The number of nitrogens with zero attached hydrogens (tertiary/aromatic N) is 3. The van der Waals surface area contributed by atoms with Crippen LogP contribution in [-0.2, 0) is 13.0 Å². The highest BCUT2D eigenvalue weighted by atomic mass is 16.2. The number of rotatable bonds is 6. The van der Waals surface area contributed by atoms with Gasteiger partial charge in [0.15, 0.2) is 5.96 Å². The van der Waals surface area contributed by atoms with E-state index < -0.39 is 0 Å². The Kier molecular flexibility index (Phi) is 6.79. The number of nitrogens with one attached hydrogen (secondary N) is 2. The molecule has 0 aliphatic carbocycles. The molecule has 0 bridgehead atoms. The van der Waals surface area contributed by atoms with Gasteiger partial charge in [-0.2, -0.15) is 0 Å². The summed E-state index contributed by atoms with van der Waals surface area (Å²) >= 11 is 0. The summed E-state index contributed by atoms with van der Waals surface area (Å²) < 4.78 is 0. The first kappa shape index (κ1) is 20.3. The molecule has 0 unspecified atom stereocenters. The molecule has 29 heavy (non-hydrogen) atoms. The number of benzene rings is 2. The van der Waals surface area contributed by atoms with Crippen LogP contribution in [0.4, 0.5) is 0 Å². The number of aromatic nitrogens is 1. The van der Waals surface area contributed by atoms with E-state index in [9.17, 15) is 4.79 Å². The predicted molar refractivity (Wildman–Crippen MR) is 118 cm³/mol. The molecule has 0 saturated heterocycles. The van der Waals surface area contributed by atoms with E-state index >= 15 is 0 Å². The van der Waals surface area contributed by atoms with Crippen LogP contribution in [0, 0.1) is 0 Å². The van der Waals surface area contributed by atoms with Crippen LogP contribution in [0.25, 0.3) is 10.8 Å². The molecule has 0 radical (unpaired) electrons. The molecule has 0 saturated carbocycles. The third kappa shape index (κ3) is 5.31. The topological polar surface area (TPSA) is 69.6 Å². The van der Waals surface area contributed by atoms with Crippen molar-refractivity contribution in [3.8, 4) is 0 Å². The van der Waals surface area contributed by atoms with Crippen molar-refractivity contribution < 1.29 is 4.79 Å². The van der Waals surface area contributed by atoms with Gasteiger partial charge >= 0.3 is 0 Å². The fourth-order valence-electron chi connectivity index (χ4n) is 3.15. The summed E-state index contributed by atoms with van der Waals surface area (Å²) in [5.41, 5.74) is 2.80. The van der Waals surface area contributed by atoms with Gasteiger partial charge in [0, 0.05) is 44.8 Å². The lowest BCUT2D eigenvalue weighted by Crippen LogP contribution is -2.38. The van der Waals surface area contributed by atoms with Crippen molar-refractivity contribution in [3.63, 3.8) is 0 Å². The summed E-state index contributed by atoms with van der Waals surface area (Å²) in [5, 5.41) is 8.96. The zero-order valence-electron chi connectivity index (χ0n) is 17.1. The number of carbonyl (C=O) groups excluding carboxylic acids is 1. The first-order chi connectivity index (χ1) is 14.1. The third-order valence-corrected chi connectivity index (χ3v) is 4.69. The number of hydrogen-bond acceptors (Lipinski definition) is 3. The van der Waals surface area contributed by atoms with Crippen molar-refractivity contribution in [1.82, 2.24) is 20.5 Å². The molecule has 0 aliphatic rings. The molecule has 1 heterocycles.